The predicted molar refractivity (Wildman–Crippen MR) is 74.4 cm³/mol. The Morgan fingerprint density at radius 2 is 1.83 bits per heavy atom. The maximum atomic E-state index is 6.27. The normalized spacial score (nSPS) is 41.8. The quantitative estimate of drug-likeness (QED) is 0.741. The summed E-state index contributed by atoms with van der Waals surface area (Å²) in [7, 11) is 0. The van der Waals surface area contributed by atoms with E-state index in [1.165, 1.54) is 38.5 Å². The van der Waals surface area contributed by atoms with Crippen molar-refractivity contribution in [1.29, 1.82) is 0 Å². The molecule has 2 heteroatoms. The van der Waals surface area contributed by atoms with Gasteiger partial charge in [0, 0.05) is 0 Å². The lowest BCUT2D eigenvalue weighted by molar-refractivity contribution is -0.214. The molecular formula is C16H30O2. The molecule has 2 rings (SSSR count). The van der Waals surface area contributed by atoms with Crippen molar-refractivity contribution in [3.05, 3.63) is 0 Å². The zero-order valence-electron chi connectivity index (χ0n) is 12.4. The molecule has 2 fully saturated rings. The van der Waals surface area contributed by atoms with Crippen molar-refractivity contribution >= 4 is 0 Å². The molecule has 1 aliphatic heterocycles. The molecule has 1 heterocycles. The summed E-state index contributed by atoms with van der Waals surface area (Å²) in [5, 5.41) is 0. The molecule has 0 spiro atoms. The Hall–Kier alpha value is -0.0800. The second kappa shape index (κ2) is 6.91. The SMILES string of the molecule is CCCC1C[C@H](C)CCC1OC1CC[C@H](C)CO1. The van der Waals surface area contributed by atoms with Gasteiger partial charge in [0.2, 0.25) is 0 Å². The van der Waals surface area contributed by atoms with Crippen molar-refractivity contribution in [2.24, 2.45) is 17.8 Å². The Morgan fingerprint density at radius 3 is 2.50 bits per heavy atom. The molecule has 0 aromatic carbocycles. The van der Waals surface area contributed by atoms with Gasteiger partial charge in [0.15, 0.2) is 6.29 Å². The molecule has 1 saturated carbocycles. The highest BCUT2D eigenvalue weighted by molar-refractivity contribution is 4.80. The fourth-order valence-electron chi connectivity index (χ4n) is 3.49. The summed E-state index contributed by atoms with van der Waals surface area (Å²) in [6.45, 7) is 7.82. The smallest absolute Gasteiger partial charge is 0.157 e. The van der Waals surface area contributed by atoms with Crippen LogP contribution in [0.15, 0.2) is 0 Å². The molecule has 2 nitrogen and oxygen atoms in total. The molecule has 0 N–H and O–H groups in total. The predicted octanol–water partition coefficient (Wildman–Crippen LogP) is 4.38. The maximum Gasteiger partial charge on any atom is 0.157 e. The summed E-state index contributed by atoms with van der Waals surface area (Å²) in [4.78, 5) is 0. The highest BCUT2D eigenvalue weighted by atomic mass is 16.7. The van der Waals surface area contributed by atoms with E-state index in [2.05, 4.69) is 20.8 Å². The average Bonchev–Trinajstić information content (AvgIpc) is 2.36. The molecule has 5 atom stereocenters. The minimum absolute atomic E-state index is 0.0824. The van der Waals surface area contributed by atoms with Gasteiger partial charge in [0.25, 0.3) is 0 Å². The molecule has 0 bridgehead atoms. The van der Waals surface area contributed by atoms with E-state index < -0.39 is 0 Å². The first-order chi connectivity index (χ1) is 8.69. The third-order valence-corrected chi connectivity index (χ3v) is 4.62. The average molecular weight is 254 g/mol. The number of hydrogen-bond donors (Lipinski definition) is 0. The number of rotatable bonds is 4. The van der Waals surface area contributed by atoms with E-state index in [9.17, 15) is 0 Å². The third kappa shape index (κ3) is 3.96. The van der Waals surface area contributed by atoms with Crippen molar-refractivity contribution in [3.8, 4) is 0 Å². The Labute approximate surface area is 112 Å². The van der Waals surface area contributed by atoms with Crippen molar-refractivity contribution in [2.45, 2.75) is 78.1 Å². The molecule has 0 radical (unpaired) electrons. The van der Waals surface area contributed by atoms with Crippen LogP contribution in [0.5, 0.6) is 0 Å². The molecule has 106 valence electrons. The van der Waals surface area contributed by atoms with E-state index >= 15 is 0 Å². The lowest BCUT2D eigenvalue weighted by Crippen LogP contribution is -2.37. The van der Waals surface area contributed by atoms with Crippen molar-refractivity contribution in [3.63, 3.8) is 0 Å². The van der Waals surface area contributed by atoms with Gasteiger partial charge in [0.05, 0.1) is 12.7 Å². The summed E-state index contributed by atoms with van der Waals surface area (Å²) in [5.41, 5.74) is 0. The van der Waals surface area contributed by atoms with E-state index in [-0.39, 0.29) is 6.29 Å². The van der Waals surface area contributed by atoms with E-state index in [4.69, 9.17) is 9.47 Å². The van der Waals surface area contributed by atoms with E-state index in [1.54, 1.807) is 0 Å². The summed E-state index contributed by atoms with van der Waals surface area (Å²) in [6.07, 6.45) is 9.39. The fraction of sp³-hybridized carbons (Fsp3) is 1.00. The van der Waals surface area contributed by atoms with Crippen molar-refractivity contribution in [2.75, 3.05) is 6.61 Å². The maximum absolute atomic E-state index is 6.27. The minimum Gasteiger partial charge on any atom is -0.352 e. The Bertz CT molecular complexity index is 233. The van der Waals surface area contributed by atoms with Gasteiger partial charge in [-0.3, -0.25) is 0 Å². The van der Waals surface area contributed by atoms with Gasteiger partial charge in [-0.1, -0.05) is 27.2 Å². The largest absolute Gasteiger partial charge is 0.352 e. The standard InChI is InChI=1S/C16H30O2/c1-4-5-14-10-12(2)6-8-15(14)18-16-9-7-13(3)11-17-16/h12-16H,4-11H2,1-3H3/t12-,13+,14?,15?,16?/m1/s1. The Balaban J connectivity index is 1.82. The molecule has 0 aromatic rings. The fourth-order valence-corrected chi connectivity index (χ4v) is 3.49. The van der Waals surface area contributed by atoms with Gasteiger partial charge < -0.3 is 9.47 Å². The second-order valence-corrected chi connectivity index (χ2v) is 6.59. The van der Waals surface area contributed by atoms with Crippen molar-refractivity contribution in [1.82, 2.24) is 0 Å². The highest BCUT2D eigenvalue weighted by Gasteiger charge is 2.31. The number of ether oxygens (including phenoxy) is 2. The molecular weight excluding hydrogens is 224 g/mol. The van der Waals surface area contributed by atoms with Gasteiger partial charge in [-0.25, -0.2) is 0 Å². The van der Waals surface area contributed by atoms with Gasteiger partial charge in [-0.2, -0.15) is 0 Å². The first-order valence-electron chi connectivity index (χ1n) is 7.96. The topological polar surface area (TPSA) is 18.5 Å². The van der Waals surface area contributed by atoms with Crippen LogP contribution in [0.2, 0.25) is 0 Å². The van der Waals surface area contributed by atoms with Crippen LogP contribution in [0.3, 0.4) is 0 Å². The summed E-state index contributed by atoms with van der Waals surface area (Å²) in [6, 6.07) is 0. The lowest BCUT2D eigenvalue weighted by Gasteiger charge is -2.38. The Kier molecular flexibility index (Phi) is 5.50. The van der Waals surface area contributed by atoms with Crippen LogP contribution in [-0.2, 0) is 9.47 Å². The van der Waals surface area contributed by atoms with E-state index in [0.29, 0.717) is 12.0 Å². The van der Waals surface area contributed by atoms with Crippen LogP contribution >= 0.6 is 0 Å². The zero-order valence-corrected chi connectivity index (χ0v) is 12.4. The summed E-state index contributed by atoms with van der Waals surface area (Å²) in [5.74, 6) is 2.36. The highest BCUT2D eigenvalue weighted by Crippen LogP contribution is 2.35. The molecule has 0 aromatic heterocycles. The zero-order chi connectivity index (χ0) is 13.0. The number of hydrogen-bond acceptors (Lipinski definition) is 2. The summed E-state index contributed by atoms with van der Waals surface area (Å²) >= 11 is 0. The van der Waals surface area contributed by atoms with Crippen LogP contribution in [-0.4, -0.2) is 19.0 Å². The molecule has 18 heavy (non-hydrogen) atoms. The van der Waals surface area contributed by atoms with Crippen LogP contribution in [0.25, 0.3) is 0 Å². The van der Waals surface area contributed by atoms with Gasteiger partial charge in [0.1, 0.15) is 0 Å². The van der Waals surface area contributed by atoms with Crippen LogP contribution in [0.1, 0.15) is 65.7 Å². The monoisotopic (exact) mass is 254 g/mol. The molecule has 3 unspecified atom stereocenters. The van der Waals surface area contributed by atoms with Gasteiger partial charge >= 0.3 is 0 Å². The third-order valence-electron chi connectivity index (χ3n) is 4.62. The Morgan fingerprint density at radius 1 is 1.06 bits per heavy atom. The minimum atomic E-state index is 0.0824. The van der Waals surface area contributed by atoms with E-state index in [1.807, 2.05) is 0 Å². The lowest BCUT2D eigenvalue weighted by atomic mass is 9.78. The molecule has 1 aliphatic carbocycles. The first-order valence-corrected chi connectivity index (χ1v) is 7.96. The van der Waals surface area contributed by atoms with Gasteiger partial charge in [-0.05, 0) is 56.3 Å². The van der Waals surface area contributed by atoms with Crippen LogP contribution in [0, 0.1) is 17.8 Å². The van der Waals surface area contributed by atoms with Gasteiger partial charge in [-0.15, -0.1) is 0 Å². The molecule has 0 amide bonds. The van der Waals surface area contributed by atoms with Crippen molar-refractivity contribution < 1.29 is 9.47 Å². The first kappa shape index (κ1) is 14.3. The molecule has 2 aliphatic rings. The molecule has 1 saturated heterocycles. The van der Waals surface area contributed by atoms with Crippen LogP contribution < -0.4 is 0 Å². The summed E-state index contributed by atoms with van der Waals surface area (Å²) < 4.78 is 12.1. The second-order valence-electron chi connectivity index (χ2n) is 6.59. The van der Waals surface area contributed by atoms with E-state index in [0.717, 1.165) is 24.9 Å². The van der Waals surface area contributed by atoms with Crippen LogP contribution in [0.4, 0.5) is 0 Å².